The SMILES string of the molecule is CCOc1ccc(C(NC)C2OCCC2C)cc1Br. The van der Waals surface area contributed by atoms with Gasteiger partial charge in [0.05, 0.1) is 23.2 Å². The maximum absolute atomic E-state index is 5.88. The predicted molar refractivity (Wildman–Crippen MR) is 80.6 cm³/mol. The molecule has 1 N–H and O–H groups in total. The Kier molecular flexibility index (Phi) is 5.25. The van der Waals surface area contributed by atoms with Crippen LogP contribution in [0.3, 0.4) is 0 Å². The van der Waals surface area contributed by atoms with E-state index in [4.69, 9.17) is 9.47 Å². The van der Waals surface area contributed by atoms with Gasteiger partial charge in [0.2, 0.25) is 0 Å². The Bertz CT molecular complexity index is 425. The van der Waals surface area contributed by atoms with Gasteiger partial charge < -0.3 is 14.8 Å². The molecule has 1 aliphatic heterocycles. The Morgan fingerprint density at radius 1 is 1.53 bits per heavy atom. The molecule has 3 unspecified atom stereocenters. The Balaban J connectivity index is 2.21. The molecule has 1 fully saturated rings. The van der Waals surface area contributed by atoms with E-state index in [1.54, 1.807) is 0 Å². The van der Waals surface area contributed by atoms with Crippen molar-refractivity contribution in [3.63, 3.8) is 0 Å². The van der Waals surface area contributed by atoms with E-state index in [1.807, 2.05) is 20.0 Å². The molecule has 1 heterocycles. The van der Waals surface area contributed by atoms with Crippen molar-refractivity contribution in [3.8, 4) is 5.75 Å². The molecule has 3 atom stereocenters. The van der Waals surface area contributed by atoms with Crippen molar-refractivity contribution >= 4 is 15.9 Å². The molecule has 0 aliphatic carbocycles. The monoisotopic (exact) mass is 327 g/mol. The van der Waals surface area contributed by atoms with E-state index in [9.17, 15) is 0 Å². The summed E-state index contributed by atoms with van der Waals surface area (Å²) in [5.74, 6) is 1.48. The average molecular weight is 328 g/mol. The summed E-state index contributed by atoms with van der Waals surface area (Å²) in [5.41, 5.74) is 1.23. The molecule has 4 heteroatoms. The third kappa shape index (κ3) is 3.30. The lowest BCUT2D eigenvalue weighted by Gasteiger charge is -2.26. The van der Waals surface area contributed by atoms with E-state index in [2.05, 4.69) is 40.3 Å². The average Bonchev–Trinajstić information content (AvgIpc) is 2.80. The van der Waals surface area contributed by atoms with Crippen LogP contribution in [0.25, 0.3) is 0 Å². The van der Waals surface area contributed by atoms with Gasteiger partial charge in [0, 0.05) is 6.61 Å². The van der Waals surface area contributed by atoms with Gasteiger partial charge in [-0.05, 0) is 59.9 Å². The molecule has 1 saturated heterocycles. The van der Waals surface area contributed by atoms with Gasteiger partial charge in [-0.25, -0.2) is 0 Å². The third-order valence-electron chi connectivity index (χ3n) is 3.70. The summed E-state index contributed by atoms with van der Waals surface area (Å²) >= 11 is 3.58. The number of benzene rings is 1. The van der Waals surface area contributed by atoms with Crippen LogP contribution < -0.4 is 10.1 Å². The van der Waals surface area contributed by atoms with Crippen molar-refractivity contribution in [2.75, 3.05) is 20.3 Å². The van der Waals surface area contributed by atoms with Crippen molar-refractivity contribution in [2.24, 2.45) is 5.92 Å². The van der Waals surface area contributed by atoms with E-state index >= 15 is 0 Å². The first kappa shape index (κ1) is 14.8. The van der Waals surface area contributed by atoms with Crippen molar-refractivity contribution in [1.82, 2.24) is 5.32 Å². The minimum Gasteiger partial charge on any atom is -0.493 e. The summed E-state index contributed by atoms with van der Waals surface area (Å²) in [5, 5.41) is 3.38. The summed E-state index contributed by atoms with van der Waals surface area (Å²) in [6.07, 6.45) is 1.39. The van der Waals surface area contributed by atoms with Gasteiger partial charge >= 0.3 is 0 Å². The third-order valence-corrected chi connectivity index (χ3v) is 4.32. The highest BCUT2D eigenvalue weighted by atomic mass is 79.9. The molecule has 2 rings (SSSR count). The molecule has 0 aromatic heterocycles. The van der Waals surface area contributed by atoms with Crippen LogP contribution in [-0.4, -0.2) is 26.4 Å². The van der Waals surface area contributed by atoms with Crippen LogP contribution in [0.1, 0.15) is 31.9 Å². The van der Waals surface area contributed by atoms with Gasteiger partial charge in [-0.2, -0.15) is 0 Å². The van der Waals surface area contributed by atoms with E-state index < -0.39 is 0 Å². The number of ether oxygens (including phenoxy) is 2. The zero-order chi connectivity index (χ0) is 13.8. The first-order valence-corrected chi connectivity index (χ1v) is 7.67. The van der Waals surface area contributed by atoms with Crippen molar-refractivity contribution in [2.45, 2.75) is 32.4 Å². The molecular weight excluding hydrogens is 306 g/mol. The summed E-state index contributed by atoms with van der Waals surface area (Å²) in [4.78, 5) is 0. The Hall–Kier alpha value is -0.580. The second-order valence-corrected chi connectivity index (χ2v) is 5.84. The molecule has 1 aliphatic rings. The minimum absolute atomic E-state index is 0.226. The molecule has 1 aromatic carbocycles. The normalized spacial score (nSPS) is 24.4. The van der Waals surface area contributed by atoms with Gasteiger partial charge in [0.1, 0.15) is 5.75 Å². The number of hydrogen-bond acceptors (Lipinski definition) is 3. The molecule has 19 heavy (non-hydrogen) atoms. The molecule has 0 radical (unpaired) electrons. The second kappa shape index (κ2) is 6.73. The van der Waals surface area contributed by atoms with Gasteiger partial charge in [-0.15, -0.1) is 0 Å². The minimum atomic E-state index is 0.226. The number of halogens is 1. The van der Waals surface area contributed by atoms with Crippen LogP contribution in [0.5, 0.6) is 5.75 Å². The Morgan fingerprint density at radius 2 is 2.32 bits per heavy atom. The van der Waals surface area contributed by atoms with E-state index in [0.717, 1.165) is 23.2 Å². The van der Waals surface area contributed by atoms with Crippen molar-refractivity contribution in [1.29, 1.82) is 0 Å². The fourth-order valence-electron chi connectivity index (χ4n) is 2.65. The van der Waals surface area contributed by atoms with Crippen LogP contribution >= 0.6 is 15.9 Å². The highest BCUT2D eigenvalue weighted by Crippen LogP contribution is 2.34. The standard InChI is InChI=1S/C15H22BrNO2/c1-4-18-13-6-5-11(9-12(13)16)14(17-3)15-10(2)7-8-19-15/h5-6,9-10,14-15,17H,4,7-8H2,1-3H3. The maximum Gasteiger partial charge on any atom is 0.133 e. The van der Waals surface area contributed by atoms with E-state index in [0.29, 0.717) is 12.5 Å². The van der Waals surface area contributed by atoms with Crippen LogP contribution in [0.4, 0.5) is 0 Å². The maximum atomic E-state index is 5.88. The Morgan fingerprint density at radius 3 is 2.84 bits per heavy atom. The van der Waals surface area contributed by atoms with Gasteiger partial charge in [0.15, 0.2) is 0 Å². The van der Waals surface area contributed by atoms with E-state index in [-0.39, 0.29) is 12.1 Å². The topological polar surface area (TPSA) is 30.5 Å². The van der Waals surface area contributed by atoms with Crippen LogP contribution in [0.2, 0.25) is 0 Å². The summed E-state index contributed by atoms with van der Waals surface area (Å²) in [6, 6.07) is 6.49. The van der Waals surface area contributed by atoms with Crippen molar-refractivity contribution < 1.29 is 9.47 Å². The highest BCUT2D eigenvalue weighted by molar-refractivity contribution is 9.10. The summed E-state index contributed by atoms with van der Waals surface area (Å²) in [7, 11) is 1.99. The summed E-state index contributed by atoms with van der Waals surface area (Å²) < 4.78 is 12.4. The van der Waals surface area contributed by atoms with Crippen LogP contribution in [-0.2, 0) is 4.74 Å². The molecule has 0 spiro atoms. The van der Waals surface area contributed by atoms with E-state index in [1.165, 1.54) is 5.56 Å². The van der Waals surface area contributed by atoms with Gasteiger partial charge in [-0.3, -0.25) is 0 Å². The quantitative estimate of drug-likeness (QED) is 0.897. The van der Waals surface area contributed by atoms with Crippen LogP contribution in [0, 0.1) is 5.92 Å². The lowest BCUT2D eigenvalue weighted by atomic mass is 9.92. The fourth-order valence-corrected chi connectivity index (χ4v) is 3.16. The molecule has 3 nitrogen and oxygen atoms in total. The number of hydrogen-bond donors (Lipinski definition) is 1. The molecular formula is C15H22BrNO2. The molecule has 0 saturated carbocycles. The number of rotatable bonds is 5. The number of likely N-dealkylation sites (N-methyl/N-ethyl adjacent to an activating group) is 1. The van der Waals surface area contributed by atoms with Gasteiger partial charge in [0.25, 0.3) is 0 Å². The predicted octanol–water partition coefficient (Wildman–Crippen LogP) is 3.53. The summed E-state index contributed by atoms with van der Waals surface area (Å²) in [6.45, 7) is 5.79. The zero-order valence-electron chi connectivity index (χ0n) is 11.8. The lowest BCUT2D eigenvalue weighted by Crippen LogP contribution is -2.32. The Labute approximate surface area is 123 Å². The molecule has 1 aromatic rings. The van der Waals surface area contributed by atoms with Crippen LogP contribution in [0.15, 0.2) is 22.7 Å². The number of nitrogens with one attached hydrogen (secondary N) is 1. The molecule has 0 bridgehead atoms. The first-order valence-electron chi connectivity index (χ1n) is 6.88. The highest BCUT2D eigenvalue weighted by Gasteiger charge is 2.32. The molecule has 0 amide bonds. The van der Waals surface area contributed by atoms with Crippen molar-refractivity contribution in [3.05, 3.63) is 28.2 Å². The zero-order valence-corrected chi connectivity index (χ0v) is 13.4. The fraction of sp³-hybridized carbons (Fsp3) is 0.600. The second-order valence-electron chi connectivity index (χ2n) is 4.99. The van der Waals surface area contributed by atoms with Gasteiger partial charge in [-0.1, -0.05) is 13.0 Å². The largest absolute Gasteiger partial charge is 0.493 e. The smallest absolute Gasteiger partial charge is 0.133 e. The molecule has 106 valence electrons. The first-order chi connectivity index (χ1) is 9.17. The lowest BCUT2D eigenvalue weighted by molar-refractivity contribution is 0.0631.